The van der Waals surface area contributed by atoms with Crippen molar-refractivity contribution < 1.29 is 0 Å². The van der Waals surface area contributed by atoms with Gasteiger partial charge in [-0.05, 0) is 67.3 Å². The lowest BCUT2D eigenvalue weighted by molar-refractivity contribution is -0.0815. The van der Waals surface area contributed by atoms with E-state index in [-0.39, 0.29) is 0 Å². The molecule has 1 aliphatic heterocycles. The third-order valence-electron chi connectivity index (χ3n) is 8.14. The minimum Gasteiger partial charge on any atom is -0.383 e. The zero-order chi connectivity index (χ0) is 25.7. The first-order valence-electron chi connectivity index (χ1n) is 13.3. The highest BCUT2D eigenvalue weighted by molar-refractivity contribution is 5.84. The van der Waals surface area contributed by atoms with E-state index in [2.05, 4.69) is 63.2 Å². The van der Waals surface area contributed by atoms with E-state index in [4.69, 9.17) is 15.7 Å². The van der Waals surface area contributed by atoms with Crippen LogP contribution in [0.1, 0.15) is 18.4 Å². The maximum atomic E-state index is 6.30. The summed E-state index contributed by atoms with van der Waals surface area (Å²) >= 11 is 0. The van der Waals surface area contributed by atoms with Gasteiger partial charge in [-0.1, -0.05) is 42.5 Å². The average molecular weight is 502 g/mol. The SMILES string of the molecule is CNC1CC2(C1)CN(Cc1ccc(-n3c(-c4cccnc4N)nc4ccc(-c5ccccc5)nc43)cc1)C2. The van der Waals surface area contributed by atoms with Gasteiger partial charge in [0.2, 0.25) is 0 Å². The van der Waals surface area contributed by atoms with Crippen molar-refractivity contribution in [2.45, 2.75) is 25.4 Å². The first-order chi connectivity index (χ1) is 18.6. The number of rotatable bonds is 6. The second kappa shape index (κ2) is 9.04. The second-order valence-corrected chi connectivity index (χ2v) is 10.8. The predicted molar refractivity (Wildman–Crippen MR) is 152 cm³/mol. The fraction of sp³-hybridized carbons (Fsp3) is 0.258. The van der Waals surface area contributed by atoms with E-state index in [0.717, 1.165) is 46.0 Å². The van der Waals surface area contributed by atoms with Crippen LogP contribution in [-0.4, -0.2) is 50.6 Å². The molecule has 38 heavy (non-hydrogen) atoms. The molecule has 0 unspecified atom stereocenters. The van der Waals surface area contributed by atoms with Crippen molar-refractivity contribution in [2.75, 3.05) is 25.9 Å². The molecule has 0 radical (unpaired) electrons. The highest BCUT2D eigenvalue weighted by Crippen LogP contribution is 2.48. The molecule has 1 aliphatic carbocycles. The number of hydrogen-bond donors (Lipinski definition) is 2. The van der Waals surface area contributed by atoms with Crippen LogP contribution in [0.25, 0.3) is 39.5 Å². The summed E-state index contributed by atoms with van der Waals surface area (Å²) in [5, 5.41) is 3.41. The van der Waals surface area contributed by atoms with Crippen molar-refractivity contribution in [3.8, 4) is 28.3 Å². The van der Waals surface area contributed by atoms with Crippen LogP contribution in [0.5, 0.6) is 0 Å². The molecule has 0 atom stereocenters. The number of nitrogens with one attached hydrogen (secondary N) is 1. The lowest BCUT2D eigenvalue weighted by Crippen LogP contribution is -2.65. The molecule has 5 aromatic rings. The molecule has 7 heteroatoms. The van der Waals surface area contributed by atoms with Crippen LogP contribution in [0, 0.1) is 5.41 Å². The van der Waals surface area contributed by atoms with E-state index in [1.54, 1.807) is 6.20 Å². The molecule has 2 fully saturated rings. The van der Waals surface area contributed by atoms with E-state index in [9.17, 15) is 0 Å². The second-order valence-electron chi connectivity index (χ2n) is 10.8. The van der Waals surface area contributed by atoms with Crippen molar-refractivity contribution in [1.82, 2.24) is 29.7 Å². The van der Waals surface area contributed by atoms with Gasteiger partial charge in [0.1, 0.15) is 11.3 Å². The Morgan fingerprint density at radius 1 is 0.921 bits per heavy atom. The molecule has 1 saturated carbocycles. The number of benzene rings is 2. The van der Waals surface area contributed by atoms with Crippen LogP contribution in [0.2, 0.25) is 0 Å². The van der Waals surface area contributed by atoms with Gasteiger partial charge >= 0.3 is 0 Å². The van der Waals surface area contributed by atoms with Crippen molar-refractivity contribution in [3.63, 3.8) is 0 Å². The van der Waals surface area contributed by atoms with E-state index < -0.39 is 0 Å². The molecule has 0 amide bonds. The lowest BCUT2D eigenvalue weighted by Gasteiger charge is -2.59. The Balaban J connectivity index is 1.23. The van der Waals surface area contributed by atoms with E-state index in [1.807, 2.05) is 42.5 Å². The number of aromatic nitrogens is 4. The summed E-state index contributed by atoms with van der Waals surface area (Å²) in [4.78, 5) is 16.9. The van der Waals surface area contributed by atoms with E-state index in [1.165, 1.54) is 31.5 Å². The quantitative estimate of drug-likeness (QED) is 0.344. The molecule has 3 N–H and O–H groups in total. The molecule has 3 aromatic heterocycles. The summed E-state index contributed by atoms with van der Waals surface area (Å²) in [6.07, 6.45) is 4.32. The zero-order valence-electron chi connectivity index (χ0n) is 21.5. The first kappa shape index (κ1) is 23.1. The van der Waals surface area contributed by atoms with Gasteiger partial charge in [0.05, 0.1) is 11.3 Å². The van der Waals surface area contributed by atoms with Gasteiger partial charge in [-0.3, -0.25) is 9.47 Å². The Morgan fingerprint density at radius 2 is 1.71 bits per heavy atom. The number of nitrogen functional groups attached to an aromatic ring is 1. The van der Waals surface area contributed by atoms with E-state index in [0.29, 0.717) is 17.3 Å². The summed E-state index contributed by atoms with van der Waals surface area (Å²) in [6.45, 7) is 3.39. The van der Waals surface area contributed by atoms with Gasteiger partial charge in [0, 0.05) is 43.1 Å². The number of nitrogens with zero attached hydrogens (tertiary/aromatic N) is 5. The zero-order valence-corrected chi connectivity index (χ0v) is 21.5. The number of likely N-dealkylation sites (tertiary alicyclic amines) is 1. The fourth-order valence-electron chi connectivity index (χ4n) is 6.23. The topological polar surface area (TPSA) is 84.9 Å². The molecular weight excluding hydrogens is 470 g/mol. The Hall–Kier alpha value is -4.07. The summed E-state index contributed by atoms with van der Waals surface area (Å²) in [5.74, 6) is 1.19. The maximum Gasteiger partial charge on any atom is 0.165 e. The molecule has 1 spiro atoms. The number of anilines is 1. The van der Waals surface area contributed by atoms with E-state index >= 15 is 0 Å². The first-order valence-corrected chi connectivity index (χ1v) is 13.3. The van der Waals surface area contributed by atoms with Crippen molar-refractivity contribution in [2.24, 2.45) is 5.41 Å². The fourth-order valence-corrected chi connectivity index (χ4v) is 6.23. The number of hydrogen-bond acceptors (Lipinski definition) is 6. The Kier molecular flexibility index (Phi) is 5.49. The molecule has 7 nitrogen and oxygen atoms in total. The normalized spacial score (nSPS) is 17.0. The Labute approximate surface area is 222 Å². The number of nitrogens with two attached hydrogens (primary N) is 1. The molecular formula is C31H31N7. The standard InChI is InChI=1S/C31H31N7/c1-33-23-16-31(17-23)19-37(20-31)18-21-9-11-24(12-10-21)38-29(25-8-5-15-34-28(25)32)36-27-14-13-26(35-30(27)38)22-6-3-2-4-7-22/h2-15,23,33H,16-20H2,1H3,(H2,32,34). The molecule has 190 valence electrons. The van der Waals surface area contributed by atoms with Gasteiger partial charge in [0.25, 0.3) is 0 Å². The number of pyridine rings is 2. The largest absolute Gasteiger partial charge is 0.383 e. The summed E-state index contributed by atoms with van der Waals surface area (Å²) < 4.78 is 2.10. The summed E-state index contributed by atoms with van der Waals surface area (Å²) in [7, 11) is 2.07. The summed E-state index contributed by atoms with van der Waals surface area (Å²) in [6, 6.07) is 27.6. The van der Waals surface area contributed by atoms with Crippen LogP contribution in [0.4, 0.5) is 5.82 Å². The minimum atomic E-state index is 0.451. The Morgan fingerprint density at radius 3 is 2.45 bits per heavy atom. The van der Waals surface area contributed by atoms with Crippen molar-refractivity contribution in [1.29, 1.82) is 0 Å². The molecule has 0 bridgehead atoms. The molecule has 7 rings (SSSR count). The molecule has 4 heterocycles. The van der Waals surface area contributed by atoms with Crippen molar-refractivity contribution >= 4 is 17.0 Å². The van der Waals surface area contributed by atoms with Crippen LogP contribution < -0.4 is 11.1 Å². The lowest BCUT2D eigenvalue weighted by atomic mass is 9.60. The minimum absolute atomic E-state index is 0.451. The van der Waals surface area contributed by atoms with Gasteiger partial charge in [0.15, 0.2) is 11.5 Å². The predicted octanol–water partition coefficient (Wildman–Crippen LogP) is 4.92. The van der Waals surface area contributed by atoms with Gasteiger partial charge < -0.3 is 11.1 Å². The number of fused-ring (bicyclic) bond motifs is 1. The van der Waals surface area contributed by atoms with Crippen LogP contribution in [0.15, 0.2) is 85.1 Å². The van der Waals surface area contributed by atoms with Crippen LogP contribution in [-0.2, 0) is 6.54 Å². The average Bonchev–Trinajstić information content (AvgIpc) is 3.29. The highest BCUT2D eigenvalue weighted by atomic mass is 15.2. The number of imidazole rings is 1. The molecule has 1 saturated heterocycles. The third kappa shape index (κ3) is 3.95. The van der Waals surface area contributed by atoms with Crippen LogP contribution in [0.3, 0.4) is 0 Å². The third-order valence-corrected chi connectivity index (χ3v) is 8.14. The van der Waals surface area contributed by atoms with Crippen molar-refractivity contribution in [3.05, 3.63) is 90.6 Å². The monoisotopic (exact) mass is 501 g/mol. The van der Waals surface area contributed by atoms with Gasteiger partial charge in [-0.15, -0.1) is 0 Å². The Bertz CT molecular complexity index is 1590. The van der Waals surface area contributed by atoms with Gasteiger partial charge in [-0.25, -0.2) is 15.0 Å². The smallest absolute Gasteiger partial charge is 0.165 e. The molecule has 2 aliphatic rings. The highest BCUT2D eigenvalue weighted by Gasteiger charge is 2.51. The van der Waals surface area contributed by atoms with Gasteiger partial charge in [-0.2, -0.15) is 0 Å². The van der Waals surface area contributed by atoms with Crippen LogP contribution >= 0.6 is 0 Å². The summed E-state index contributed by atoms with van der Waals surface area (Å²) in [5.41, 5.74) is 13.6. The molecule has 2 aromatic carbocycles. The maximum absolute atomic E-state index is 6.30.